The van der Waals surface area contributed by atoms with E-state index in [2.05, 4.69) is 29.4 Å². The zero-order valence-electron chi connectivity index (χ0n) is 13.3. The smallest absolute Gasteiger partial charge is 0.222 e. The quantitative estimate of drug-likeness (QED) is 0.651. The van der Waals surface area contributed by atoms with Gasteiger partial charge in [-0.05, 0) is 33.2 Å². The molecule has 122 valence electrons. The summed E-state index contributed by atoms with van der Waals surface area (Å²) in [6.07, 6.45) is 1.81. The third-order valence-electron chi connectivity index (χ3n) is 4.19. The molecule has 2 fully saturated rings. The van der Waals surface area contributed by atoms with Gasteiger partial charge in [0.05, 0.1) is 24.2 Å². The number of amides is 1. The van der Waals surface area contributed by atoms with Crippen molar-refractivity contribution in [3.8, 4) is 0 Å². The summed E-state index contributed by atoms with van der Waals surface area (Å²) in [4.78, 5) is 14.2. The van der Waals surface area contributed by atoms with Crippen LogP contribution in [-0.4, -0.2) is 73.0 Å². The van der Waals surface area contributed by atoms with Gasteiger partial charge in [0, 0.05) is 32.7 Å². The zero-order chi connectivity index (χ0) is 15.3. The average Bonchev–Trinajstić information content (AvgIpc) is 2.37. The summed E-state index contributed by atoms with van der Waals surface area (Å²) in [5.41, 5.74) is -0.978. The number of carbonyl (C=O) groups excluding carboxylic acids is 1. The third kappa shape index (κ3) is 5.54. The Kier molecular flexibility index (Phi) is 5.60. The van der Waals surface area contributed by atoms with Crippen molar-refractivity contribution in [2.45, 2.75) is 44.3 Å². The van der Waals surface area contributed by atoms with Crippen LogP contribution in [0.1, 0.15) is 33.1 Å². The minimum atomic E-state index is -0.872. The van der Waals surface area contributed by atoms with E-state index < -0.39 is 5.60 Å². The zero-order valence-corrected chi connectivity index (χ0v) is 13.3. The predicted octanol–water partition coefficient (Wildman–Crippen LogP) is -0.282. The fraction of sp³-hybridized carbons (Fsp3) is 0.933. The van der Waals surface area contributed by atoms with Gasteiger partial charge in [-0.15, -0.1) is 0 Å². The number of β-amino-alcohol motifs (C(OH)–C–C–N with tert-alkyl or cyclic N) is 1. The van der Waals surface area contributed by atoms with E-state index in [0.717, 1.165) is 39.2 Å². The summed E-state index contributed by atoms with van der Waals surface area (Å²) in [6, 6.07) is 0. The minimum absolute atomic E-state index is 0.0614. The molecule has 3 N–H and O–H groups in total. The largest absolute Gasteiger partial charge is 0.388 e. The first-order valence-electron chi connectivity index (χ1n) is 7.95. The van der Waals surface area contributed by atoms with Crippen molar-refractivity contribution < 1.29 is 14.6 Å². The molecule has 2 aliphatic heterocycles. The SMILES string of the molecule is CC1(C)CN(CCNC(=O)C[C@]2(O)CCCNC2)CCO1. The second kappa shape index (κ2) is 7.05. The Bertz CT molecular complexity index is 354. The summed E-state index contributed by atoms with van der Waals surface area (Å²) in [7, 11) is 0. The van der Waals surface area contributed by atoms with Crippen molar-refractivity contribution in [3.63, 3.8) is 0 Å². The van der Waals surface area contributed by atoms with Gasteiger partial charge in [-0.25, -0.2) is 0 Å². The van der Waals surface area contributed by atoms with Crippen LogP contribution in [0.25, 0.3) is 0 Å². The highest BCUT2D eigenvalue weighted by molar-refractivity contribution is 5.77. The Labute approximate surface area is 127 Å². The number of piperidine rings is 1. The molecule has 0 aromatic heterocycles. The molecule has 2 aliphatic rings. The third-order valence-corrected chi connectivity index (χ3v) is 4.19. The van der Waals surface area contributed by atoms with Crippen molar-refractivity contribution in [2.75, 3.05) is 45.9 Å². The minimum Gasteiger partial charge on any atom is -0.388 e. The number of morpholine rings is 1. The van der Waals surface area contributed by atoms with Gasteiger partial charge in [0.2, 0.25) is 5.91 Å². The summed E-state index contributed by atoms with van der Waals surface area (Å²) in [5.74, 6) is -0.0614. The van der Waals surface area contributed by atoms with E-state index in [1.165, 1.54) is 0 Å². The van der Waals surface area contributed by atoms with E-state index in [9.17, 15) is 9.90 Å². The summed E-state index contributed by atoms with van der Waals surface area (Å²) in [5, 5.41) is 16.4. The van der Waals surface area contributed by atoms with Crippen LogP contribution in [0, 0.1) is 0 Å². The molecule has 1 amide bonds. The van der Waals surface area contributed by atoms with Crippen molar-refractivity contribution in [1.82, 2.24) is 15.5 Å². The lowest BCUT2D eigenvalue weighted by molar-refractivity contribution is -0.127. The van der Waals surface area contributed by atoms with Crippen molar-refractivity contribution in [3.05, 3.63) is 0 Å². The van der Waals surface area contributed by atoms with Gasteiger partial charge in [-0.1, -0.05) is 0 Å². The van der Waals surface area contributed by atoms with Gasteiger partial charge in [0.1, 0.15) is 0 Å². The Morgan fingerprint density at radius 3 is 2.95 bits per heavy atom. The first-order chi connectivity index (χ1) is 9.89. The van der Waals surface area contributed by atoms with Gasteiger partial charge in [0.25, 0.3) is 0 Å². The fourth-order valence-corrected chi connectivity index (χ4v) is 3.12. The molecule has 2 rings (SSSR count). The number of ether oxygens (including phenoxy) is 1. The van der Waals surface area contributed by atoms with E-state index in [1.54, 1.807) is 0 Å². The number of hydrogen-bond donors (Lipinski definition) is 3. The standard InChI is InChI=1S/C15H29N3O3/c1-14(2)12-18(8-9-21-14)7-6-17-13(19)10-15(20)4-3-5-16-11-15/h16,20H,3-12H2,1-2H3,(H,17,19)/t15-/m1/s1. The van der Waals surface area contributed by atoms with Crippen LogP contribution < -0.4 is 10.6 Å². The maximum Gasteiger partial charge on any atom is 0.222 e. The molecular weight excluding hydrogens is 270 g/mol. The molecule has 1 atom stereocenters. The highest BCUT2D eigenvalue weighted by Crippen LogP contribution is 2.19. The van der Waals surface area contributed by atoms with Gasteiger partial charge >= 0.3 is 0 Å². The molecule has 0 bridgehead atoms. The monoisotopic (exact) mass is 299 g/mol. The van der Waals surface area contributed by atoms with E-state index in [-0.39, 0.29) is 17.9 Å². The second-order valence-corrected chi connectivity index (χ2v) is 6.92. The molecule has 6 heteroatoms. The second-order valence-electron chi connectivity index (χ2n) is 6.92. The highest BCUT2D eigenvalue weighted by Gasteiger charge is 2.32. The van der Waals surface area contributed by atoms with Gasteiger partial charge in [-0.3, -0.25) is 9.69 Å². The Balaban J connectivity index is 1.65. The molecule has 6 nitrogen and oxygen atoms in total. The fourth-order valence-electron chi connectivity index (χ4n) is 3.12. The molecule has 21 heavy (non-hydrogen) atoms. The summed E-state index contributed by atoms with van der Waals surface area (Å²) in [6.45, 7) is 9.60. The number of nitrogens with zero attached hydrogens (tertiary/aromatic N) is 1. The topological polar surface area (TPSA) is 73.8 Å². The van der Waals surface area contributed by atoms with Crippen molar-refractivity contribution in [2.24, 2.45) is 0 Å². The van der Waals surface area contributed by atoms with Gasteiger partial charge in [0.15, 0.2) is 0 Å². The molecule has 2 heterocycles. The molecule has 0 aromatic rings. The molecule has 2 saturated heterocycles. The summed E-state index contributed by atoms with van der Waals surface area (Å²) >= 11 is 0. The van der Waals surface area contributed by atoms with Crippen molar-refractivity contribution >= 4 is 5.91 Å². The average molecular weight is 299 g/mol. The van der Waals surface area contributed by atoms with Crippen LogP contribution in [0.5, 0.6) is 0 Å². The maximum atomic E-state index is 11.9. The number of aliphatic hydroxyl groups is 1. The first kappa shape index (κ1) is 16.7. The van der Waals surface area contributed by atoms with E-state index in [0.29, 0.717) is 19.5 Å². The predicted molar refractivity (Wildman–Crippen MR) is 81.2 cm³/mol. The lowest BCUT2D eigenvalue weighted by Gasteiger charge is -2.38. The van der Waals surface area contributed by atoms with E-state index >= 15 is 0 Å². The molecular formula is C15H29N3O3. The summed E-state index contributed by atoms with van der Waals surface area (Å²) < 4.78 is 5.67. The molecule has 0 saturated carbocycles. The lowest BCUT2D eigenvalue weighted by atomic mass is 9.90. The lowest BCUT2D eigenvalue weighted by Crippen LogP contribution is -2.51. The van der Waals surface area contributed by atoms with E-state index in [1.807, 2.05) is 0 Å². The maximum absolute atomic E-state index is 11.9. The van der Waals surface area contributed by atoms with Crippen LogP contribution >= 0.6 is 0 Å². The van der Waals surface area contributed by atoms with Crippen LogP contribution in [0.2, 0.25) is 0 Å². The number of carbonyl (C=O) groups is 1. The van der Waals surface area contributed by atoms with Crippen LogP contribution in [0.4, 0.5) is 0 Å². The molecule has 0 aliphatic carbocycles. The highest BCUT2D eigenvalue weighted by atomic mass is 16.5. The van der Waals surface area contributed by atoms with E-state index in [4.69, 9.17) is 4.74 Å². The Hall–Kier alpha value is -0.690. The van der Waals surface area contributed by atoms with Crippen LogP contribution in [-0.2, 0) is 9.53 Å². The normalized spacial score (nSPS) is 30.0. The van der Waals surface area contributed by atoms with Crippen molar-refractivity contribution in [1.29, 1.82) is 0 Å². The Morgan fingerprint density at radius 1 is 1.48 bits per heavy atom. The molecule has 0 unspecified atom stereocenters. The van der Waals surface area contributed by atoms with Gasteiger partial charge in [-0.2, -0.15) is 0 Å². The molecule has 0 aromatic carbocycles. The number of rotatable bonds is 5. The Morgan fingerprint density at radius 2 is 2.29 bits per heavy atom. The molecule has 0 radical (unpaired) electrons. The molecule has 0 spiro atoms. The van der Waals surface area contributed by atoms with Gasteiger partial charge < -0.3 is 20.5 Å². The van der Waals surface area contributed by atoms with Crippen LogP contribution in [0.15, 0.2) is 0 Å². The number of nitrogens with one attached hydrogen (secondary N) is 2. The van der Waals surface area contributed by atoms with Crippen LogP contribution in [0.3, 0.4) is 0 Å². The number of hydrogen-bond acceptors (Lipinski definition) is 5. The first-order valence-corrected chi connectivity index (χ1v) is 7.95.